The number of amides is 2. The van der Waals surface area contributed by atoms with Crippen LogP contribution >= 0.6 is 0 Å². The smallest absolute Gasteiger partial charge is 0.262 e. The zero-order valence-corrected chi connectivity index (χ0v) is 21.8. The molecule has 36 heavy (non-hydrogen) atoms. The largest absolute Gasteiger partial charge is 0.506 e. The second kappa shape index (κ2) is 13.3. The number of anilines is 1. The van der Waals surface area contributed by atoms with Crippen molar-refractivity contribution in [3.63, 3.8) is 0 Å². The fourth-order valence-electron chi connectivity index (χ4n) is 4.32. The molecule has 1 aliphatic rings. The number of unbranched alkanes of at least 4 members (excludes halogenated alkanes) is 2. The first kappa shape index (κ1) is 27.5. The van der Waals surface area contributed by atoms with Gasteiger partial charge in [-0.25, -0.2) is 0 Å². The van der Waals surface area contributed by atoms with E-state index in [-0.39, 0.29) is 29.6 Å². The van der Waals surface area contributed by atoms with Crippen LogP contribution in [0.5, 0.6) is 11.5 Å². The minimum atomic E-state index is -0.264. The summed E-state index contributed by atoms with van der Waals surface area (Å²) in [5.41, 5.74) is 2.59. The quantitative estimate of drug-likeness (QED) is 0.302. The van der Waals surface area contributed by atoms with Crippen LogP contribution in [0.2, 0.25) is 0 Å². The fourth-order valence-corrected chi connectivity index (χ4v) is 4.32. The van der Waals surface area contributed by atoms with Gasteiger partial charge < -0.3 is 24.8 Å². The highest BCUT2D eigenvalue weighted by Gasteiger charge is 2.23. The van der Waals surface area contributed by atoms with Gasteiger partial charge in [0.25, 0.3) is 5.91 Å². The number of hydrogen-bond donors (Lipinski definition) is 2. The number of carbonyl (C=O) groups is 2. The van der Waals surface area contributed by atoms with Crippen molar-refractivity contribution in [2.24, 2.45) is 5.41 Å². The van der Waals surface area contributed by atoms with Gasteiger partial charge in [-0.3, -0.25) is 9.59 Å². The van der Waals surface area contributed by atoms with Crippen LogP contribution in [0.4, 0.5) is 5.69 Å². The van der Waals surface area contributed by atoms with E-state index in [1.807, 2.05) is 29.2 Å². The number of carbonyl (C=O) groups excluding carboxylic acids is 2. The Hall–Kier alpha value is -3.06. The Balaban J connectivity index is 1.41. The summed E-state index contributed by atoms with van der Waals surface area (Å²) in [5.74, 6) is 0.454. The predicted molar refractivity (Wildman–Crippen MR) is 141 cm³/mol. The first-order valence-electron chi connectivity index (χ1n) is 12.9. The molecule has 1 heterocycles. The number of phenols is 1. The van der Waals surface area contributed by atoms with E-state index in [1.165, 1.54) is 5.56 Å². The van der Waals surface area contributed by atoms with Crippen molar-refractivity contribution >= 4 is 17.5 Å². The molecule has 0 spiro atoms. The van der Waals surface area contributed by atoms with Gasteiger partial charge in [0, 0.05) is 13.1 Å². The molecule has 0 aromatic heterocycles. The summed E-state index contributed by atoms with van der Waals surface area (Å²) in [6.07, 6.45) is 4.82. The number of nitrogens with one attached hydrogen (secondary N) is 1. The first-order chi connectivity index (χ1) is 17.2. The van der Waals surface area contributed by atoms with Gasteiger partial charge in [-0.1, -0.05) is 63.6 Å². The zero-order valence-electron chi connectivity index (χ0n) is 21.8. The summed E-state index contributed by atoms with van der Waals surface area (Å²) >= 11 is 0. The number of hydrogen-bond acceptors (Lipinski definition) is 5. The lowest BCUT2D eigenvalue weighted by molar-refractivity contribution is -0.133. The van der Waals surface area contributed by atoms with E-state index >= 15 is 0 Å². The van der Waals surface area contributed by atoms with E-state index in [0.29, 0.717) is 31.1 Å². The van der Waals surface area contributed by atoms with Gasteiger partial charge in [0.2, 0.25) is 5.91 Å². The molecule has 0 fully saturated rings. The summed E-state index contributed by atoms with van der Waals surface area (Å²) in [6, 6.07) is 13.7. The number of benzene rings is 2. The summed E-state index contributed by atoms with van der Waals surface area (Å²) in [6.45, 7) is 8.90. The van der Waals surface area contributed by atoms with Crippen molar-refractivity contribution in [3.05, 3.63) is 53.6 Å². The third-order valence-corrected chi connectivity index (χ3v) is 6.06. The standard InChI is InChI=1S/C29H40N2O5/c1-29(2,3)21-31(26(34)16-19-35-18-15-22-10-6-4-7-11-22)17-9-5-8-12-23-13-14-24(32)27-28(23)36-20-25(33)30-27/h4,6-7,10-11,13-14,32H,5,8-9,12,15-21H2,1-3H3,(H,30,33). The maximum absolute atomic E-state index is 12.9. The van der Waals surface area contributed by atoms with Crippen LogP contribution in [-0.2, 0) is 27.2 Å². The summed E-state index contributed by atoms with van der Waals surface area (Å²) in [4.78, 5) is 26.5. The molecule has 0 unspecified atom stereocenters. The van der Waals surface area contributed by atoms with Crippen LogP contribution in [-0.4, -0.2) is 54.7 Å². The number of rotatable bonds is 13. The Morgan fingerprint density at radius 1 is 1.06 bits per heavy atom. The van der Waals surface area contributed by atoms with Crippen LogP contribution in [0.15, 0.2) is 42.5 Å². The van der Waals surface area contributed by atoms with Crippen LogP contribution < -0.4 is 10.1 Å². The highest BCUT2D eigenvalue weighted by Crippen LogP contribution is 2.39. The maximum atomic E-state index is 12.9. The predicted octanol–water partition coefficient (Wildman–Crippen LogP) is 4.96. The molecule has 7 heteroatoms. The molecule has 196 valence electrons. The van der Waals surface area contributed by atoms with Gasteiger partial charge in [0.1, 0.15) is 11.4 Å². The molecule has 0 saturated heterocycles. The summed E-state index contributed by atoms with van der Waals surface area (Å²) in [7, 11) is 0. The van der Waals surface area contributed by atoms with Crippen molar-refractivity contribution in [2.75, 3.05) is 38.2 Å². The Labute approximate surface area is 214 Å². The van der Waals surface area contributed by atoms with Crippen molar-refractivity contribution in [3.8, 4) is 11.5 Å². The van der Waals surface area contributed by atoms with E-state index in [4.69, 9.17) is 9.47 Å². The third-order valence-electron chi connectivity index (χ3n) is 6.06. The molecular weight excluding hydrogens is 456 g/mol. The highest BCUT2D eigenvalue weighted by molar-refractivity contribution is 5.97. The molecule has 2 amide bonds. The maximum Gasteiger partial charge on any atom is 0.262 e. The van der Waals surface area contributed by atoms with E-state index in [2.05, 4.69) is 38.2 Å². The van der Waals surface area contributed by atoms with Crippen molar-refractivity contribution in [2.45, 2.75) is 59.3 Å². The molecule has 0 atom stereocenters. The number of phenolic OH excluding ortho intramolecular Hbond substituents is 1. The second-order valence-electron chi connectivity index (χ2n) is 10.6. The minimum absolute atomic E-state index is 0.0159. The number of ether oxygens (including phenoxy) is 2. The lowest BCUT2D eigenvalue weighted by atomic mass is 9.95. The molecule has 2 N–H and O–H groups in total. The molecule has 3 rings (SSSR count). The topological polar surface area (TPSA) is 88.1 Å². The zero-order chi connectivity index (χ0) is 26.0. The average Bonchev–Trinajstić information content (AvgIpc) is 2.84. The monoisotopic (exact) mass is 496 g/mol. The molecular formula is C29H40N2O5. The van der Waals surface area contributed by atoms with E-state index in [0.717, 1.165) is 50.8 Å². The molecule has 1 aliphatic heterocycles. The number of aromatic hydroxyl groups is 1. The van der Waals surface area contributed by atoms with Crippen molar-refractivity contribution < 1.29 is 24.2 Å². The normalized spacial score (nSPS) is 13.0. The van der Waals surface area contributed by atoms with E-state index in [9.17, 15) is 14.7 Å². The van der Waals surface area contributed by atoms with Crippen LogP contribution in [0, 0.1) is 5.41 Å². The molecule has 0 bridgehead atoms. The Morgan fingerprint density at radius 3 is 2.58 bits per heavy atom. The lowest BCUT2D eigenvalue weighted by Crippen LogP contribution is -2.39. The fraction of sp³-hybridized carbons (Fsp3) is 0.517. The summed E-state index contributed by atoms with van der Waals surface area (Å²) in [5, 5.41) is 12.7. The molecule has 2 aromatic carbocycles. The van der Waals surface area contributed by atoms with Gasteiger partial charge in [-0.15, -0.1) is 0 Å². The Kier molecular flexibility index (Phi) is 10.2. The molecule has 7 nitrogen and oxygen atoms in total. The van der Waals surface area contributed by atoms with Gasteiger partial charge in [-0.05, 0) is 48.3 Å². The minimum Gasteiger partial charge on any atom is -0.506 e. The van der Waals surface area contributed by atoms with Crippen LogP contribution in [0.25, 0.3) is 0 Å². The first-order valence-corrected chi connectivity index (χ1v) is 12.9. The van der Waals surface area contributed by atoms with Gasteiger partial charge in [0.15, 0.2) is 12.4 Å². The number of aryl methyl sites for hydroxylation is 1. The Bertz CT molecular complexity index is 1000. The third kappa shape index (κ3) is 8.86. The molecule has 0 radical (unpaired) electrons. The van der Waals surface area contributed by atoms with Gasteiger partial charge >= 0.3 is 0 Å². The second-order valence-corrected chi connectivity index (χ2v) is 10.6. The SMILES string of the molecule is CC(C)(C)CN(CCCCCc1ccc(O)c2c1OCC(=O)N2)C(=O)CCOCCc1ccccc1. The molecule has 2 aromatic rings. The van der Waals surface area contributed by atoms with Crippen molar-refractivity contribution in [1.82, 2.24) is 4.90 Å². The number of nitrogens with zero attached hydrogens (tertiary/aromatic N) is 1. The molecule has 0 saturated carbocycles. The van der Waals surface area contributed by atoms with Crippen molar-refractivity contribution in [1.29, 1.82) is 0 Å². The number of fused-ring (bicyclic) bond motifs is 1. The van der Waals surface area contributed by atoms with E-state index < -0.39 is 0 Å². The lowest BCUT2D eigenvalue weighted by Gasteiger charge is -2.30. The highest BCUT2D eigenvalue weighted by atomic mass is 16.5. The van der Waals surface area contributed by atoms with Gasteiger partial charge in [0.05, 0.1) is 19.6 Å². The van der Waals surface area contributed by atoms with Crippen LogP contribution in [0.1, 0.15) is 57.6 Å². The van der Waals surface area contributed by atoms with E-state index in [1.54, 1.807) is 6.07 Å². The van der Waals surface area contributed by atoms with Crippen LogP contribution in [0.3, 0.4) is 0 Å². The van der Waals surface area contributed by atoms with Gasteiger partial charge in [-0.2, -0.15) is 0 Å². The summed E-state index contributed by atoms with van der Waals surface area (Å²) < 4.78 is 11.3. The Morgan fingerprint density at radius 2 is 1.83 bits per heavy atom. The average molecular weight is 497 g/mol. The molecule has 0 aliphatic carbocycles.